The zero-order valence-electron chi connectivity index (χ0n) is 5.34. The van der Waals surface area contributed by atoms with Gasteiger partial charge in [-0.05, 0) is 6.07 Å². The molecule has 11 heavy (non-hydrogen) atoms. The van der Waals surface area contributed by atoms with Crippen LogP contribution in [-0.4, -0.2) is 4.98 Å². The first-order chi connectivity index (χ1) is 5.29. The Morgan fingerprint density at radius 2 is 2.18 bits per heavy atom. The summed E-state index contributed by atoms with van der Waals surface area (Å²) >= 11 is 11.5. The molecule has 2 aromatic heterocycles. The van der Waals surface area contributed by atoms with E-state index in [1.807, 2.05) is 0 Å². The molecule has 56 valence electrons. The summed E-state index contributed by atoms with van der Waals surface area (Å²) in [6.07, 6.45) is 3.00. The van der Waals surface area contributed by atoms with Gasteiger partial charge in [0, 0.05) is 0 Å². The number of furan rings is 1. The maximum atomic E-state index is 5.76. The van der Waals surface area contributed by atoms with Crippen LogP contribution in [-0.2, 0) is 0 Å². The topological polar surface area (TPSA) is 26.0 Å². The number of nitrogens with zero attached hydrogens (tertiary/aromatic N) is 1. The first-order valence-electron chi connectivity index (χ1n) is 2.96. The fourth-order valence-corrected chi connectivity index (χ4v) is 1.29. The van der Waals surface area contributed by atoms with Crippen LogP contribution in [0.1, 0.15) is 0 Å². The Morgan fingerprint density at radius 1 is 1.36 bits per heavy atom. The molecule has 0 aromatic carbocycles. The van der Waals surface area contributed by atoms with Crippen molar-refractivity contribution in [3.63, 3.8) is 0 Å². The van der Waals surface area contributed by atoms with Crippen LogP contribution in [0.4, 0.5) is 0 Å². The lowest BCUT2D eigenvalue weighted by Crippen LogP contribution is -1.74. The number of hydrogen-bond acceptors (Lipinski definition) is 2. The lowest BCUT2D eigenvalue weighted by atomic mass is 10.3. The lowest BCUT2D eigenvalue weighted by molar-refractivity contribution is 0.615. The summed E-state index contributed by atoms with van der Waals surface area (Å²) in [7, 11) is 0. The highest BCUT2D eigenvalue weighted by atomic mass is 35.5. The summed E-state index contributed by atoms with van der Waals surface area (Å²) < 4.78 is 5.07. The molecule has 0 aliphatic rings. The molecule has 0 spiro atoms. The second kappa shape index (κ2) is 2.40. The smallest absolute Gasteiger partial charge is 0.157 e. The van der Waals surface area contributed by atoms with E-state index in [1.54, 1.807) is 6.07 Å². The van der Waals surface area contributed by atoms with E-state index in [2.05, 4.69) is 4.98 Å². The highest BCUT2D eigenvalue weighted by Crippen LogP contribution is 2.27. The number of halogens is 2. The van der Waals surface area contributed by atoms with Gasteiger partial charge in [-0.15, -0.1) is 0 Å². The quantitative estimate of drug-likeness (QED) is 0.593. The van der Waals surface area contributed by atoms with Gasteiger partial charge in [0.1, 0.15) is 10.2 Å². The fraction of sp³-hybridized carbons (Fsp3) is 0. The second-order valence-electron chi connectivity index (χ2n) is 2.06. The summed E-state index contributed by atoms with van der Waals surface area (Å²) in [5.41, 5.74) is 0.590. The molecule has 0 radical (unpaired) electrons. The average Bonchev–Trinajstić information content (AvgIpc) is 2.45. The standard InChI is InChI=1S/C7H3Cl2NO/c8-5-3-10-7(9)4-1-2-11-6(4)5/h1-3H. The lowest BCUT2D eigenvalue weighted by Gasteiger charge is -1.92. The maximum Gasteiger partial charge on any atom is 0.157 e. The van der Waals surface area contributed by atoms with Gasteiger partial charge < -0.3 is 4.42 Å². The molecule has 2 heterocycles. The number of hydrogen-bond donors (Lipinski definition) is 0. The summed E-state index contributed by atoms with van der Waals surface area (Å²) in [5, 5.41) is 1.65. The normalized spacial score (nSPS) is 10.7. The van der Waals surface area contributed by atoms with Crippen molar-refractivity contribution < 1.29 is 4.42 Å². The summed E-state index contributed by atoms with van der Waals surface area (Å²) in [6, 6.07) is 1.73. The van der Waals surface area contributed by atoms with E-state index in [0.717, 1.165) is 5.39 Å². The number of pyridine rings is 1. The molecule has 0 saturated carbocycles. The molecule has 0 aliphatic heterocycles. The van der Waals surface area contributed by atoms with Crippen LogP contribution in [0, 0.1) is 0 Å². The third-order valence-electron chi connectivity index (χ3n) is 1.40. The van der Waals surface area contributed by atoms with Gasteiger partial charge in [0.2, 0.25) is 0 Å². The van der Waals surface area contributed by atoms with Crippen LogP contribution in [0.15, 0.2) is 22.9 Å². The maximum absolute atomic E-state index is 5.76. The first-order valence-corrected chi connectivity index (χ1v) is 3.72. The Hall–Kier alpha value is -0.730. The van der Waals surface area contributed by atoms with E-state index < -0.39 is 0 Å². The molecule has 0 amide bonds. The molecule has 0 atom stereocenters. The molecule has 0 unspecified atom stereocenters. The second-order valence-corrected chi connectivity index (χ2v) is 2.83. The monoisotopic (exact) mass is 187 g/mol. The van der Waals surface area contributed by atoms with Crippen molar-refractivity contribution in [1.29, 1.82) is 0 Å². The molecule has 0 aliphatic carbocycles. The van der Waals surface area contributed by atoms with Gasteiger partial charge in [-0.2, -0.15) is 0 Å². The minimum absolute atomic E-state index is 0.415. The minimum Gasteiger partial charge on any atom is -0.463 e. The van der Waals surface area contributed by atoms with Gasteiger partial charge in [0.05, 0.1) is 17.8 Å². The zero-order valence-corrected chi connectivity index (χ0v) is 6.86. The van der Waals surface area contributed by atoms with Crippen molar-refractivity contribution in [2.75, 3.05) is 0 Å². The van der Waals surface area contributed by atoms with Crippen LogP contribution in [0.2, 0.25) is 10.2 Å². The highest BCUT2D eigenvalue weighted by molar-refractivity contribution is 6.38. The van der Waals surface area contributed by atoms with Gasteiger partial charge in [-0.3, -0.25) is 0 Å². The van der Waals surface area contributed by atoms with E-state index in [9.17, 15) is 0 Å². The Balaban J connectivity index is 2.96. The molecule has 0 bridgehead atoms. The van der Waals surface area contributed by atoms with E-state index in [-0.39, 0.29) is 0 Å². The highest BCUT2D eigenvalue weighted by Gasteiger charge is 2.05. The third-order valence-corrected chi connectivity index (χ3v) is 1.97. The molecular weight excluding hydrogens is 185 g/mol. The number of aromatic nitrogens is 1. The van der Waals surface area contributed by atoms with E-state index in [1.165, 1.54) is 12.5 Å². The Kier molecular flexibility index (Phi) is 1.51. The number of fused-ring (bicyclic) bond motifs is 1. The summed E-state index contributed by atoms with van der Waals surface area (Å²) in [4.78, 5) is 3.85. The average molecular weight is 188 g/mol. The molecule has 0 fully saturated rings. The van der Waals surface area contributed by atoms with Crippen molar-refractivity contribution in [2.45, 2.75) is 0 Å². The molecular formula is C7H3Cl2NO. The molecule has 0 N–H and O–H groups in total. The fourth-order valence-electron chi connectivity index (χ4n) is 0.898. The van der Waals surface area contributed by atoms with Crippen LogP contribution < -0.4 is 0 Å². The van der Waals surface area contributed by atoms with Crippen molar-refractivity contribution in [1.82, 2.24) is 4.98 Å². The zero-order chi connectivity index (χ0) is 7.84. The van der Waals surface area contributed by atoms with E-state index in [4.69, 9.17) is 27.6 Å². The third kappa shape index (κ3) is 0.988. The van der Waals surface area contributed by atoms with Crippen LogP contribution in [0.3, 0.4) is 0 Å². The molecule has 2 aromatic rings. The van der Waals surface area contributed by atoms with Gasteiger partial charge in [-0.25, -0.2) is 4.98 Å². The predicted molar refractivity (Wildman–Crippen MR) is 44.0 cm³/mol. The van der Waals surface area contributed by atoms with E-state index >= 15 is 0 Å². The molecule has 0 saturated heterocycles. The van der Waals surface area contributed by atoms with Crippen LogP contribution in [0.5, 0.6) is 0 Å². The van der Waals surface area contributed by atoms with E-state index in [0.29, 0.717) is 15.8 Å². The van der Waals surface area contributed by atoms with Gasteiger partial charge >= 0.3 is 0 Å². The van der Waals surface area contributed by atoms with Crippen molar-refractivity contribution in [3.8, 4) is 0 Å². The van der Waals surface area contributed by atoms with Crippen molar-refractivity contribution in [2.24, 2.45) is 0 Å². The number of rotatable bonds is 0. The summed E-state index contributed by atoms with van der Waals surface area (Å²) in [5.74, 6) is 0. The van der Waals surface area contributed by atoms with Crippen LogP contribution >= 0.6 is 23.2 Å². The van der Waals surface area contributed by atoms with Crippen molar-refractivity contribution >= 4 is 34.2 Å². The molecule has 2 rings (SSSR count). The van der Waals surface area contributed by atoms with Gasteiger partial charge in [-0.1, -0.05) is 23.2 Å². The predicted octanol–water partition coefficient (Wildman–Crippen LogP) is 3.13. The minimum atomic E-state index is 0.415. The van der Waals surface area contributed by atoms with Crippen LogP contribution in [0.25, 0.3) is 11.0 Å². The summed E-state index contributed by atoms with van der Waals surface area (Å²) in [6.45, 7) is 0. The largest absolute Gasteiger partial charge is 0.463 e. The van der Waals surface area contributed by atoms with Crippen molar-refractivity contribution in [3.05, 3.63) is 28.7 Å². The van der Waals surface area contributed by atoms with Gasteiger partial charge in [0.25, 0.3) is 0 Å². The Labute approximate surface area is 72.7 Å². The van der Waals surface area contributed by atoms with Gasteiger partial charge in [0.15, 0.2) is 5.58 Å². The Bertz CT molecular complexity index is 360. The SMILES string of the molecule is Clc1ncc(Cl)c2occc12. The molecule has 4 heteroatoms. The molecule has 2 nitrogen and oxygen atoms in total. The first kappa shape index (κ1) is 6.95. The Morgan fingerprint density at radius 3 is 2.91 bits per heavy atom.